The molecule has 0 saturated carbocycles. The average Bonchev–Trinajstić information content (AvgIpc) is 2.47. The van der Waals surface area contributed by atoms with Crippen LogP contribution in [0, 0.1) is 5.82 Å². The van der Waals surface area contributed by atoms with E-state index in [2.05, 4.69) is 20.3 Å². The monoisotopic (exact) mass is 317 g/mol. The summed E-state index contributed by atoms with van der Waals surface area (Å²) in [6.45, 7) is 2.64. The maximum Gasteiger partial charge on any atom is 0.224 e. The highest BCUT2D eigenvalue weighted by Crippen LogP contribution is 2.31. The number of aromatic nitrogens is 3. The topological polar surface area (TPSA) is 76.7 Å². The largest absolute Gasteiger partial charge is 0.370 e. The Hall–Kier alpha value is -2.47. The van der Waals surface area contributed by atoms with E-state index in [0.29, 0.717) is 34.1 Å². The molecule has 0 fully saturated rings. The number of benzene rings is 1. The van der Waals surface area contributed by atoms with Crippen molar-refractivity contribution in [2.75, 3.05) is 17.6 Å². The number of rotatable bonds is 3. The molecular formula is C15H13ClFN5. The predicted molar refractivity (Wildman–Crippen MR) is 86.3 cm³/mol. The second kappa shape index (κ2) is 5.73. The Kier molecular flexibility index (Phi) is 3.77. The second-order valence-electron chi connectivity index (χ2n) is 4.63. The Morgan fingerprint density at radius 1 is 1.18 bits per heavy atom. The van der Waals surface area contributed by atoms with Crippen LogP contribution in [0.3, 0.4) is 0 Å². The van der Waals surface area contributed by atoms with Crippen LogP contribution in [0.25, 0.3) is 22.3 Å². The highest BCUT2D eigenvalue weighted by Gasteiger charge is 2.13. The number of pyridine rings is 1. The van der Waals surface area contributed by atoms with Gasteiger partial charge in [0.2, 0.25) is 5.95 Å². The molecule has 0 unspecified atom stereocenters. The van der Waals surface area contributed by atoms with Gasteiger partial charge in [-0.3, -0.25) is 0 Å². The summed E-state index contributed by atoms with van der Waals surface area (Å²) < 4.78 is 14.0. The van der Waals surface area contributed by atoms with Gasteiger partial charge in [0.25, 0.3) is 0 Å². The van der Waals surface area contributed by atoms with Crippen LogP contribution in [0.1, 0.15) is 6.92 Å². The van der Waals surface area contributed by atoms with Gasteiger partial charge in [0, 0.05) is 6.54 Å². The van der Waals surface area contributed by atoms with Gasteiger partial charge >= 0.3 is 0 Å². The highest BCUT2D eigenvalue weighted by atomic mass is 35.5. The normalized spacial score (nSPS) is 10.9. The molecule has 2 aromatic heterocycles. The molecule has 0 spiro atoms. The van der Waals surface area contributed by atoms with Gasteiger partial charge in [-0.1, -0.05) is 17.7 Å². The van der Waals surface area contributed by atoms with Crippen LogP contribution >= 0.6 is 11.6 Å². The Morgan fingerprint density at radius 3 is 2.73 bits per heavy atom. The van der Waals surface area contributed by atoms with Crippen LogP contribution in [0.4, 0.5) is 16.2 Å². The fourth-order valence-electron chi connectivity index (χ4n) is 2.21. The molecule has 0 aliphatic rings. The molecule has 0 aliphatic carbocycles. The maximum atomic E-state index is 14.0. The molecule has 7 heteroatoms. The molecule has 0 amide bonds. The summed E-state index contributed by atoms with van der Waals surface area (Å²) >= 11 is 6.08. The number of hydrogen-bond donors (Lipinski definition) is 2. The fraction of sp³-hybridized carbons (Fsp3) is 0.133. The van der Waals surface area contributed by atoms with Gasteiger partial charge in [0.15, 0.2) is 5.65 Å². The van der Waals surface area contributed by atoms with E-state index in [1.54, 1.807) is 24.3 Å². The molecule has 3 aromatic rings. The molecule has 112 valence electrons. The van der Waals surface area contributed by atoms with E-state index < -0.39 is 5.82 Å². The minimum atomic E-state index is -0.437. The number of nitrogens with one attached hydrogen (secondary N) is 1. The summed E-state index contributed by atoms with van der Waals surface area (Å²) in [7, 11) is 0. The van der Waals surface area contributed by atoms with Gasteiger partial charge in [-0.05, 0) is 31.2 Å². The van der Waals surface area contributed by atoms with E-state index in [0.717, 1.165) is 0 Å². The second-order valence-corrected chi connectivity index (χ2v) is 5.03. The van der Waals surface area contributed by atoms with Gasteiger partial charge in [-0.25, -0.2) is 9.37 Å². The first-order valence-corrected chi connectivity index (χ1v) is 7.10. The molecule has 0 bridgehead atoms. The first-order valence-electron chi connectivity index (χ1n) is 6.72. The van der Waals surface area contributed by atoms with Gasteiger partial charge in [0.05, 0.1) is 21.7 Å². The number of halogens is 2. The zero-order chi connectivity index (χ0) is 15.7. The zero-order valence-corrected chi connectivity index (χ0v) is 12.5. The Bertz CT molecular complexity index is 832. The van der Waals surface area contributed by atoms with Gasteiger partial charge in [-0.15, -0.1) is 0 Å². The summed E-state index contributed by atoms with van der Waals surface area (Å²) in [6, 6.07) is 7.96. The third kappa shape index (κ3) is 2.53. The van der Waals surface area contributed by atoms with E-state index in [4.69, 9.17) is 17.3 Å². The van der Waals surface area contributed by atoms with Crippen LogP contribution in [0.5, 0.6) is 0 Å². The van der Waals surface area contributed by atoms with Gasteiger partial charge < -0.3 is 11.1 Å². The number of nitrogens with two attached hydrogens (primary N) is 1. The van der Waals surface area contributed by atoms with Crippen LogP contribution in [-0.2, 0) is 0 Å². The molecule has 0 aliphatic heterocycles. The summed E-state index contributed by atoms with van der Waals surface area (Å²) in [4.78, 5) is 12.6. The van der Waals surface area contributed by atoms with Crippen molar-refractivity contribution in [3.63, 3.8) is 0 Å². The van der Waals surface area contributed by atoms with E-state index in [1.807, 2.05) is 6.92 Å². The van der Waals surface area contributed by atoms with Crippen molar-refractivity contribution >= 4 is 34.4 Å². The lowest BCUT2D eigenvalue weighted by Gasteiger charge is -2.09. The third-order valence-electron chi connectivity index (χ3n) is 3.14. The third-order valence-corrected chi connectivity index (χ3v) is 3.46. The van der Waals surface area contributed by atoms with Crippen molar-refractivity contribution in [2.45, 2.75) is 6.92 Å². The summed E-state index contributed by atoms with van der Waals surface area (Å²) in [5.74, 6) is 0.268. The van der Waals surface area contributed by atoms with Crippen molar-refractivity contribution in [1.29, 1.82) is 0 Å². The average molecular weight is 318 g/mol. The molecule has 3 rings (SSSR count). The molecular weight excluding hydrogens is 305 g/mol. The summed E-state index contributed by atoms with van der Waals surface area (Å²) in [5.41, 5.74) is 6.73. The van der Waals surface area contributed by atoms with E-state index >= 15 is 0 Å². The standard InChI is InChI=1S/C15H13ClFN5/c1-2-19-13-8-6-7-11(20-14(8)22-15(18)21-13)12-9(16)4-3-5-10(12)17/h3-7H,2H2,1H3,(H3,18,19,20,21,22). The summed E-state index contributed by atoms with van der Waals surface area (Å²) in [6.07, 6.45) is 0. The molecule has 2 heterocycles. The van der Waals surface area contributed by atoms with E-state index in [9.17, 15) is 4.39 Å². The van der Waals surface area contributed by atoms with Gasteiger partial charge in [-0.2, -0.15) is 9.97 Å². The Balaban J connectivity index is 2.22. The molecule has 5 nitrogen and oxygen atoms in total. The molecule has 0 radical (unpaired) electrons. The molecule has 22 heavy (non-hydrogen) atoms. The highest BCUT2D eigenvalue weighted by molar-refractivity contribution is 6.33. The van der Waals surface area contributed by atoms with Crippen LogP contribution in [-0.4, -0.2) is 21.5 Å². The molecule has 0 saturated heterocycles. The number of anilines is 2. The van der Waals surface area contributed by atoms with Crippen LogP contribution in [0.15, 0.2) is 30.3 Å². The van der Waals surface area contributed by atoms with Crippen molar-refractivity contribution < 1.29 is 4.39 Å². The smallest absolute Gasteiger partial charge is 0.224 e. The molecule has 1 aromatic carbocycles. The molecule has 0 atom stereocenters. The first kappa shape index (κ1) is 14.5. The Morgan fingerprint density at radius 2 is 2.00 bits per heavy atom. The number of nitrogen functional groups attached to an aromatic ring is 1. The first-order chi connectivity index (χ1) is 10.6. The predicted octanol–water partition coefficient (Wildman–Crippen LogP) is 3.50. The van der Waals surface area contributed by atoms with Gasteiger partial charge in [0.1, 0.15) is 11.6 Å². The lowest BCUT2D eigenvalue weighted by Crippen LogP contribution is -2.05. The zero-order valence-electron chi connectivity index (χ0n) is 11.8. The number of nitrogens with zero attached hydrogens (tertiary/aromatic N) is 3. The minimum absolute atomic E-state index is 0.104. The molecule has 3 N–H and O–H groups in total. The van der Waals surface area contributed by atoms with Crippen molar-refractivity contribution in [3.05, 3.63) is 41.2 Å². The fourth-order valence-corrected chi connectivity index (χ4v) is 2.47. The lowest BCUT2D eigenvalue weighted by molar-refractivity contribution is 0.631. The lowest BCUT2D eigenvalue weighted by atomic mass is 10.1. The minimum Gasteiger partial charge on any atom is -0.370 e. The van der Waals surface area contributed by atoms with Crippen molar-refractivity contribution in [1.82, 2.24) is 15.0 Å². The number of hydrogen-bond acceptors (Lipinski definition) is 5. The number of fused-ring (bicyclic) bond motifs is 1. The summed E-state index contributed by atoms with van der Waals surface area (Å²) in [5, 5.41) is 4.11. The SMILES string of the molecule is CCNc1nc(N)nc2nc(-c3c(F)cccc3Cl)ccc12. The van der Waals surface area contributed by atoms with Crippen molar-refractivity contribution in [2.24, 2.45) is 0 Å². The Labute approximate surface area is 131 Å². The van der Waals surface area contributed by atoms with Crippen LogP contribution in [0.2, 0.25) is 5.02 Å². The van der Waals surface area contributed by atoms with Crippen molar-refractivity contribution in [3.8, 4) is 11.3 Å². The maximum absolute atomic E-state index is 14.0. The quantitative estimate of drug-likeness (QED) is 0.773. The van der Waals surface area contributed by atoms with Crippen LogP contribution < -0.4 is 11.1 Å². The van der Waals surface area contributed by atoms with E-state index in [-0.39, 0.29) is 11.5 Å². The van der Waals surface area contributed by atoms with E-state index in [1.165, 1.54) is 6.07 Å².